The predicted molar refractivity (Wildman–Crippen MR) is 132 cm³/mol. The van der Waals surface area contributed by atoms with E-state index in [0.29, 0.717) is 42.6 Å². The van der Waals surface area contributed by atoms with Crippen LogP contribution in [0.5, 0.6) is 17.2 Å². The van der Waals surface area contributed by atoms with Crippen molar-refractivity contribution in [2.75, 3.05) is 6.54 Å². The van der Waals surface area contributed by atoms with Gasteiger partial charge in [-0.2, -0.15) is 4.98 Å². The van der Waals surface area contributed by atoms with Crippen molar-refractivity contribution in [2.24, 2.45) is 0 Å². The van der Waals surface area contributed by atoms with Crippen LogP contribution in [0.2, 0.25) is 0 Å². The Kier molecular flexibility index (Phi) is 5.93. The summed E-state index contributed by atoms with van der Waals surface area (Å²) in [6, 6.07) is 3.45. The highest BCUT2D eigenvalue weighted by molar-refractivity contribution is 6.31. The monoisotopic (exact) mass is 519 g/mol. The van der Waals surface area contributed by atoms with Crippen LogP contribution in [0.25, 0.3) is 11.6 Å². The van der Waals surface area contributed by atoms with E-state index in [9.17, 15) is 24.6 Å². The molecule has 0 saturated heterocycles. The number of nitrogens with zero attached hydrogens (tertiary/aromatic N) is 2. The van der Waals surface area contributed by atoms with Gasteiger partial charge in [0.05, 0.1) is 17.4 Å². The molecule has 38 heavy (non-hydrogen) atoms. The Hall–Kier alpha value is -4.67. The largest absolute Gasteiger partial charge is 0.507 e. The van der Waals surface area contributed by atoms with E-state index in [1.807, 2.05) is 0 Å². The molecule has 0 spiro atoms. The third kappa shape index (κ3) is 3.69. The number of nitrogens with one attached hydrogen (secondary N) is 1. The topological polar surface area (TPSA) is 165 Å². The number of phenolic OH excluding ortho intramolecular Hbond substituents is 2. The summed E-state index contributed by atoms with van der Waals surface area (Å²) in [6.07, 6.45) is 3.73. The second kappa shape index (κ2) is 9.02. The molecule has 3 N–H and O–H groups in total. The summed E-state index contributed by atoms with van der Waals surface area (Å²) in [4.78, 5) is 43.4. The first-order chi connectivity index (χ1) is 18.1. The van der Waals surface area contributed by atoms with Crippen molar-refractivity contribution < 1.29 is 38.3 Å². The molecule has 0 fully saturated rings. The molecule has 2 aromatic heterocycles. The highest BCUT2D eigenvalue weighted by Crippen LogP contribution is 2.57. The summed E-state index contributed by atoms with van der Waals surface area (Å²) in [6.45, 7) is 6.23. The molecule has 1 aromatic carbocycles. The van der Waals surface area contributed by atoms with E-state index < -0.39 is 28.5 Å². The van der Waals surface area contributed by atoms with Crippen LogP contribution in [-0.2, 0) is 21.4 Å². The van der Waals surface area contributed by atoms with E-state index in [0.717, 1.165) is 0 Å². The zero-order valence-corrected chi connectivity index (χ0v) is 21.2. The van der Waals surface area contributed by atoms with Crippen LogP contribution in [0.1, 0.15) is 54.6 Å². The summed E-state index contributed by atoms with van der Waals surface area (Å²) < 4.78 is 16.3. The molecule has 11 nitrogen and oxygen atoms in total. The number of hydrogen-bond acceptors (Lipinski definition) is 11. The SMILES string of the molecule is CC(=O)c1c(O)c(C)c(O)c2c1OC1=CC(=O)C(=C(C)NCCCc3nc(-c4ccco4)no3)C(=O)C12C. The molecule has 196 valence electrons. The standard InChI is InChI=1S/C27H25N3O8/c1-12-22(33)20(14(3)31)24-21(23(12)34)27(4)17(37-24)11-15(32)19(25(27)35)13(2)28-9-5-8-18-29-26(30-38-18)16-7-6-10-36-16/h6-7,10-11,28,33-34H,5,8-9H2,1-4H3. The number of benzene rings is 1. The number of aromatic nitrogens is 2. The Balaban J connectivity index is 1.38. The maximum atomic E-state index is 13.8. The third-order valence-electron chi connectivity index (χ3n) is 6.93. The van der Waals surface area contributed by atoms with Gasteiger partial charge in [0.15, 0.2) is 23.1 Å². The maximum Gasteiger partial charge on any atom is 0.238 e. The number of ketones is 3. The molecular weight excluding hydrogens is 494 g/mol. The minimum absolute atomic E-state index is 0.00870. The van der Waals surface area contributed by atoms with Crippen molar-refractivity contribution in [1.29, 1.82) is 0 Å². The Morgan fingerprint density at radius 1 is 1.18 bits per heavy atom. The minimum atomic E-state index is -1.56. The van der Waals surface area contributed by atoms with Crippen LogP contribution in [-0.4, -0.2) is 44.2 Å². The lowest BCUT2D eigenvalue weighted by Crippen LogP contribution is -2.41. The highest BCUT2D eigenvalue weighted by Gasteiger charge is 2.56. The number of Topliss-reactive ketones (excluding diaryl/α,β-unsaturated/α-hetero) is 2. The first-order valence-corrected chi connectivity index (χ1v) is 12.0. The van der Waals surface area contributed by atoms with Crippen molar-refractivity contribution in [3.63, 3.8) is 0 Å². The van der Waals surface area contributed by atoms with Gasteiger partial charge in [-0.05, 0) is 46.2 Å². The molecule has 11 heteroatoms. The van der Waals surface area contributed by atoms with Crippen LogP contribution in [0.4, 0.5) is 0 Å². The van der Waals surface area contributed by atoms with Crippen molar-refractivity contribution in [2.45, 2.75) is 46.0 Å². The summed E-state index contributed by atoms with van der Waals surface area (Å²) in [5.41, 5.74) is -1.34. The highest BCUT2D eigenvalue weighted by atomic mass is 16.5. The Morgan fingerprint density at radius 2 is 1.95 bits per heavy atom. The van der Waals surface area contributed by atoms with E-state index in [-0.39, 0.29) is 39.5 Å². The number of rotatable bonds is 7. The number of carbonyl (C=O) groups is 3. The summed E-state index contributed by atoms with van der Waals surface area (Å²) >= 11 is 0. The second-order valence-electron chi connectivity index (χ2n) is 9.41. The Labute approximate surface area is 216 Å². The van der Waals surface area contributed by atoms with Gasteiger partial charge in [0.1, 0.15) is 34.0 Å². The molecule has 1 atom stereocenters. The van der Waals surface area contributed by atoms with Gasteiger partial charge in [0, 0.05) is 30.3 Å². The number of carbonyl (C=O) groups excluding carboxylic acids is 3. The quantitative estimate of drug-likeness (QED) is 0.181. The van der Waals surface area contributed by atoms with Crippen LogP contribution in [0, 0.1) is 6.92 Å². The molecule has 5 rings (SSSR count). The van der Waals surface area contributed by atoms with E-state index in [4.69, 9.17) is 13.7 Å². The number of ether oxygens (including phenoxy) is 1. The van der Waals surface area contributed by atoms with Crippen molar-refractivity contribution in [3.8, 4) is 28.8 Å². The van der Waals surface area contributed by atoms with E-state index in [2.05, 4.69) is 15.5 Å². The predicted octanol–water partition coefficient (Wildman–Crippen LogP) is 3.43. The van der Waals surface area contributed by atoms with Crippen LogP contribution >= 0.6 is 0 Å². The van der Waals surface area contributed by atoms with Gasteiger partial charge in [-0.25, -0.2) is 0 Å². The van der Waals surface area contributed by atoms with Crippen LogP contribution < -0.4 is 10.1 Å². The number of phenols is 2. The summed E-state index contributed by atoms with van der Waals surface area (Å²) in [7, 11) is 0. The fourth-order valence-corrected chi connectivity index (χ4v) is 4.83. The average Bonchev–Trinajstić information content (AvgIpc) is 3.60. The molecule has 1 aliphatic heterocycles. The number of fused-ring (bicyclic) bond motifs is 3. The maximum absolute atomic E-state index is 13.8. The van der Waals surface area contributed by atoms with Gasteiger partial charge in [0.2, 0.25) is 11.7 Å². The zero-order chi connectivity index (χ0) is 27.4. The lowest BCUT2D eigenvalue weighted by atomic mass is 9.70. The minimum Gasteiger partial charge on any atom is -0.507 e. The molecule has 3 aromatic rings. The molecule has 0 bridgehead atoms. The van der Waals surface area contributed by atoms with Crippen LogP contribution in [0.3, 0.4) is 0 Å². The fourth-order valence-electron chi connectivity index (χ4n) is 4.83. The lowest BCUT2D eigenvalue weighted by Gasteiger charge is -2.29. The zero-order valence-electron chi connectivity index (χ0n) is 21.2. The number of aryl methyl sites for hydroxylation is 1. The van der Waals surface area contributed by atoms with Gasteiger partial charge in [-0.15, -0.1) is 0 Å². The van der Waals surface area contributed by atoms with Crippen molar-refractivity contribution in [1.82, 2.24) is 15.5 Å². The van der Waals surface area contributed by atoms with E-state index >= 15 is 0 Å². The van der Waals surface area contributed by atoms with Gasteiger partial charge < -0.3 is 29.2 Å². The van der Waals surface area contributed by atoms with Crippen LogP contribution in [0.15, 0.2) is 50.4 Å². The summed E-state index contributed by atoms with van der Waals surface area (Å²) in [5.74, 6) is -1.31. The third-order valence-corrected chi connectivity index (χ3v) is 6.93. The molecular formula is C27H25N3O8. The lowest BCUT2D eigenvalue weighted by molar-refractivity contribution is -0.123. The van der Waals surface area contributed by atoms with Gasteiger partial charge in [-0.3, -0.25) is 14.4 Å². The smallest absolute Gasteiger partial charge is 0.238 e. The van der Waals surface area contributed by atoms with E-state index in [1.54, 1.807) is 19.1 Å². The summed E-state index contributed by atoms with van der Waals surface area (Å²) in [5, 5.41) is 28.3. The second-order valence-corrected chi connectivity index (χ2v) is 9.41. The van der Waals surface area contributed by atoms with Gasteiger partial charge in [-0.1, -0.05) is 5.16 Å². The van der Waals surface area contributed by atoms with E-state index in [1.165, 1.54) is 33.1 Å². The van der Waals surface area contributed by atoms with Gasteiger partial charge >= 0.3 is 0 Å². The molecule has 3 heterocycles. The number of aromatic hydroxyl groups is 2. The molecule has 0 amide bonds. The number of hydrogen-bond donors (Lipinski definition) is 3. The number of furan rings is 1. The number of allylic oxidation sites excluding steroid dienone is 4. The Morgan fingerprint density at radius 3 is 2.63 bits per heavy atom. The first-order valence-electron chi connectivity index (χ1n) is 12.0. The normalized spacial score (nSPS) is 19.5. The molecule has 1 aliphatic carbocycles. The van der Waals surface area contributed by atoms with Crippen molar-refractivity contribution >= 4 is 17.3 Å². The molecule has 0 radical (unpaired) electrons. The first kappa shape index (κ1) is 25.0. The van der Waals surface area contributed by atoms with Crippen molar-refractivity contribution in [3.05, 3.63) is 64.1 Å². The Bertz CT molecular complexity index is 1560. The fraction of sp³-hybridized carbons (Fsp3) is 0.296. The molecule has 2 aliphatic rings. The van der Waals surface area contributed by atoms with Gasteiger partial charge in [0.25, 0.3) is 0 Å². The molecule has 0 saturated carbocycles. The average molecular weight is 520 g/mol. The molecule has 1 unspecified atom stereocenters.